The number of carbonyl (C=O) groups is 1. The van der Waals surface area contributed by atoms with E-state index in [0.29, 0.717) is 17.2 Å². The topological polar surface area (TPSA) is 109 Å². The Morgan fingerprint density at radius 2 is 1.85 bits per heavy atom. The van der Waals surface area contributed by atoms with E-state index in [1.807, 2.05) is 48.5 Å². The van der Waals surface area contributed by atoms with Crippen molar-refractivity contribution in [3.8, 4) is 16.9 Å². The summed E-state index contributed by atoms with van der Waals surface area (Å²) in [5, 5.41) is 10.8. The molecule has 4 N–H and O–H groups in total. The first-order chi connectivity index (χ1) is 16.0. The average Bonchev–Trinajstić information content (AvgIpc) is 3.26. The second-order valence-electron chi connectivity index (χ2n) is 8.40. The molecule has 8 heteroatoms. The average molecular weight is 443 g/mol. The van der Waals surface area contributed by atoms with Crippen LogP contribution in [0.25, 0.3) is 22.0 Å². The number of nitrogens with two attached hydrogens (primary N) is 1. The van der Waals surface area contributed by atoms with Crippen LogP contribution in [0.2, 0.25) is 0 Å². The Bertz CT molecular complexity index is 1260. The van der Waals surface area contributed by atoms with E-state index >= 15 is 0 Å². The molecule has 1 aliphatic heterocycles. The molecule has 0 bridgehead atoms. The van der Waals surface area contributed by atoms with E-state index in [0.717, 1.165) is 53.7 Å². The number of H-pyrrole nitrogens is 1. The van der Waals surface area contributed by atoms with E-state index in [4.69, 9.17) is 10.5 Å². The quantitative estimate of drug-likeness (QED) is 0.432. The first kappa shape index (κ1) is 21.0. The predicted octanol–water partition coefficient (Wildman–Crippen LogP) is 3.93. The number of benzene rings is 2. The lowest BCUT2D eigenvalue weighted by Crippen LogP contribution is -2.35. The maximum Gasteiger partial charge on any atom is 0.276 e. The molecule has 8 nitrogen and oxygen atoms in total. The molecule has 2 aromatic heterocycles. The number of ether oxygens (including phenoxy) is 1. The summed E-state index contributed by atoms with van der Waals surface area (Å²) in [7, 11) is 2.13. The summed E-state index contributed by atoms with van der Waals surface area (Å²) in [5.41, 5.74) is 9.34. The normalized spacial score (nSPS) is 14.9. The number of pyridine rings is 1. The summed E-state index contributed by atoms with van der Waals surface area (Å²) < 4.78 is 6.09. The molecule has 0 atom stereocenters. The van der Waals surface area contributed by atoms with Crippen LogP contribution in [-0.4, -0.2) is 52.2 Å². The van der Waals surface area contributed by atoms with Gasteiger partial charge >= 0.3 is 0 Å². The zero-order chi connectivity index (χ0) is 22.8. The van der Waals surface area contributed by atoms with Crippen LogP contribution in [-0.2, 0) is 0 Å². The van der Waals surface area contributed by atoms with Gasteiger partial charge in [0, 0.05) is 35.9 Å². The fraction of sp³-hybridized carbons (Fsp3) is 0.240. The Labute approximate surface area is 191 Å². The number of nitrogen functional groups attached to an aromatic ring is 1. The number of carbonyl (C=O) groups excluding carboxylic acids is 1. The minimum absolute atomic E-state index is 0.238. The molecule has 5 rings (SSSR count). The van der Waals surface area contributed by atoms with Crippen LogP contribution in [0.15, 0.2) is 60.8 Å². The van der Waals surface area contributed by atoms with Crippen molar-refractivity contribution in [2.24, 2.45) is 0 Å². The molecule has 33 heavy (non-hydrogen) atoms. The SMILES string of the molecule is CN1CCC(Oc2ccc(NC(=O)c3n[nH]c4ccc(-c5ccc(N)nc5)cc34)cc2)CC1. The van der Waals surface area contributed by atoms with Gasteiger partial charge in [-0.15, -0.1) is 0 Å². The summed E-state index contributed by atoms with van der Waals surface area (Å²) in [4.78, 5) is 19.4. The molecular formula is C25H26N6O2. The molecule has 0 saturated carbocycles. The van der Waals surface area contributed by atoms with Crippen molar-refractivity contribution >= 4 is 28.3 Å². The molecule has 3 heterocycles. The monoisotopic (exact) mass is 442 g/mol. The van der Waals surface area contributed by atoms with Crippen molar-refractivity contribution in [1.82, 2.24) is 20.1 Å². The fourth-order valence-corrected chi connectivity index (χ4v) is 4.05. The number of fused-ring (bicyclic) bond motifs is 1. The fourth-order valence-electron chi connectivity index (χ4n) is 4.05. The number of nitrogens with zero attached hydrogens (tertiary/aromatic N) is 3. The zero-order valence-electron chi connectivity index (χ0n) is 18.4. The number of hydrogen-bond donors (Lipinski definition) is 3. The van der Waals surface area contributed by atoms with Gasteiger partial charge in [0.05, 0.1) is 5.52 Å². The van der Waals surface area contributed by atoms with Gasteiger partial charge in [-0.25, -0.2) is 4.98 Å². The largest absolute Gasteiger partial charge is 0.490 e. The Kier molecular flexibility index (Phi) is 5.66. The first-order valence-electron chi connectivity index (χ1n) is 11.0. The van der Waals surface area contributed by atoms with Crippen molar-refractivity contribution in [3.05, 3.63) is 66.5 Å². The lowest BCUT2D eigenvalue weighted by Gasteiger charge is -2.29. The Hall–Kier alpha value is -3.91. The third-order valence-corrected chi connectivity index (χ3v) is 5.98. The van der Waals surface area contributed by atoms with E-state index in [9.17, 15) is 4.79 Å². The minimum Gasteiger partial charge on any atom is -0.490 e. The van der Waals surface area contributed by atoms with Gasteiger partial charge in [-0.05, 0) is 74.0 Å². The van der Waals surface area contributed by atoms with Crippen molar-refractivity contribution in [1.29, 1.82) is 0 Å². The summed E-state index contributed by atoms with van der Waals surface area (Å²) in [5.74, 6) is 0.998. The number of piperidine rings is 1. The van der Waals surface area contributed by atoms with Gasteiger partial charge in [0.25, 0.3) is 5.91 Å². The number of aromatic amines is 1. The van der Waals surface area contributed by atoms with Gasteiger partial charge < -0.3 is 20.7 Å². The molecule has 0 radical (unpaired) electrons. The standard InChI is InChI=1S/C25H26N6O2/c1-31-12-10-20(11-13-31)33-19-6-4-18(5-7-19)28-25(32)24-21-14-16(2-8-22(21)29-30-24)17-3-9-23(26)27-15-17/h2-9,14-15,20H,10-13H2,1H3,(H2,26,27)(H,28,32)(H,29,30). The first-order valence-corrected chi connectivity index (χ1v) is 11.0. The van der Waals surface area contributed by atoms with Crippen molar-refractivity contribution in [3.63, 3.8) is 0 Å². The lowest BCUT2D eigenvalue weighted by molar-refractivity contribution is 0.102. The van der Waals surface area contributed by atoms with Gasteiger partial charge in [0.1, 0.15) is 17.7 Å². The molecule has 0 aliphatic carbocycles. The highest BCUT2D eigenvalue weighted by Crippen LogP contribution is 2.26. The number of likely N-dealkylation sites (tertiary alicyclic amines) is 1. The molecule has 0 unspecified atom stereocenters. The number of aromatic nitrogens is 3. The highest BCUT2D eigenvalue weighted by molar-refractivity contribution is 6.11. The molecule has 1 fully saturated rings. The van der Waals surface area contributed by atoms with Crippen molar-refractivity contribution in [2.45, 2.75) is 18.9 Å². The van der Waals surface area contributed by atoms with Gasteiger partial charge in [0.15, 0.2) is 5.69 Å². The van der Waals surface area contributed by atoms with Gasteiger partial charge in [0.2, 0.25) is 0 Å². The van der Waals surface area contributed by atoms with Gasteiger partial charge in [-0.2, -0.15) is 5.10 Å². The van der Waals surface area contributed by atoms with Gasteiger partial charge in [-0.3, -0.25) is 9.89 Å². The van der Waals surface area contributed by atoms with E-state index in [2.05, 4.69) is 32.4 Å². The lowest BCUT2D eigenvalue weighted by atomic mass is 10.0. The van der Waals surface area contributed by atoms with Crippen LogP contribution in [0.4, 0.5) is 11.5 Å². The van der Waals surface area contributed by atoms with Crippen LogP contribution in [0, 0.1) is 0 Å². The molecule has 168 valence electrons. The highest BCUT2D eigenvalue weighted by Gasteiger charge is 2.18. The van der Waals surface area contributed by atoms with Crippen LogP contribution in [0.1, 0.15) is 23.3 Å². The van der Waals surface area contributed by atoms with Crippen LogP contribution < -0.4 is 15.8 Å². The number of hydrogen-bond acceptors (Lipinski definition) is 6. The van der Waals surface area contributed by atoms with E-state index in [1.165, 1.54) is 0 Å². The van der Waals surface area contributed by atoms with Crippen LogP contribution in [0.3, 0.4) is 0 Å². The Morgan fingerprint density at radius 1 is 1.09 bits per heavy atom. The van der Waals surface area contributed by atoms with E-state index in [-0.39, 0.29) is 12.0 Å². The Balaban J connectivity index is 1.29. The summed E-state index contributed by atoms with van der Waals surface area (Å²) in [6.07, 6.45) is 4.00. The van der Waals surface area contributed by atoms with Gasteiger partial charge in [-0.1, -0.05) is 6.07 Å². The Morgan fingerprint density at radius 3 is 2.58 bits per heavy atom. The third-order valence-electron chi connectivity index (χ3n) is 5.98. The number of amides is 1. The molecule has 0 spiro atoms. The van der Waals surface area contributed by atoms with E-state index in [1.54, 1.807) is 12.3 Å². The molecular weight excluding hydrogens is 416 g/mol. The number of nitrogens with one attached hydrogen (secondary N) is 2. The van der Waals surface area contributed by atoms with Crippen LogP contribution >= 0.6 is 0 Å². The predicted molar refractivity (Wildman–Crippen MR) is 129 cm³/mol. The molecule has 4 aromatic rings. The number of rotatable bonds is 5. The van der Waals surface area contributed by atoms with Crippen molar-refractivity contribution in [2.75, 3.05) is 31.2 Å². The zero-order valence-corrected chi connectivity index (χ0v) is 18.4. The second-order valence-corrected chi connectivity index (χ2v) is 8.40. The van der Waals surface area contributed by atoms with E-state index < -0.39 is 0 Å². The molecule has 1 aliphatic rings. The molecule has 1 saturated heterocycles. The summed E-state index contributed by atoms with van der Waals surface area (Å²) >= 11 is 0. The second kappa shape index (κ2) is 8.91. The third kappa shape index (κ3) is 4.65. The summed E-state index contributed by atoms with van der Waals surface area (Å²) in [6, 6.07) is 16.9. The molecule has 2 aromatic carbocycles. The molecule has 1 amide bonds. The summed E-state index contributed by atoms with van der Waals surface area (Å²) in [6.45, 7) is 2.10. The smallest absolute Gasteiger partial charge is 0.276 e. The maximum absolute atomic E-state index is 13.0. The van der Waals surface area contributed by atoms with Crippen LogP contribution in [0.5, 0.6) is 5.75 Å². The maximum atomic E-state index is 13.0. The highest BCUT2D eigenvalue weighted by atomic mass is 16.5. The minimum atomic E-state index is -0.280. The van der Waals surface area contributed by atoms with Crippen molar-refractivity contribution < 1.29 is 9.53 Å². The number of anilines is 2.